The maximum atomic E-state index is 13.1. The van der Waals surface area contributed by atoms with Gasteiger partial charge in [-0.3, -0.25) is 9.59 Å². The molecule has 2 heterocycles. The molecule has 0 saturated heterocycles. The van der Waals surface area contributed by atoms with Gasteiger partial charge in [0.05, 0.1) is 16.8 Å². The van der Waals surface area contributed by atoms with Gasteiger partial charge in [0.15, 0.2) is 0 Å². The number of aromatic nitrogens is 2. The van der Waals surface area contributed by atoms with Crippen LogP contribution < -0.4 is 10.8 Å². The number of halogens is 2. The summed E-state index contributed by atoms with van der Waals surface area (Å²) in [7, 11) is 0. The second-order valence-corrected chi connectivity index (χ2v) is 5.63. The Morgan fingerprint density at radius 3 is 2.03 bits per heavy atom. The van der Waals surface area contributed by atoms with E-state index in [1.165, 1.54) is 24.3 Å². The van der Waals surface area contributed by atoms with Crippen molar-refractivity contribution < 1.29 is 28.0 Å². The molecule has 2 N–H and O–H groups in total. The van der Waals surface area contributed by atoms with Crippen LogP contribution in [0.15, 0.2) is 60.9 Å². The van der Waals surface area contributed by atoms with E-state index in [-0.39, 0.29) is 22.4 Å². The molecule has 2 aromatic heterocycles. The summed E-state index contributed by atoms with van der Waals surface area (Å²) in [6.07, 6.45) is 1.88. The summed E-state index contributed by atoms with van der Waals surface area (Å²) < 4.78 is 26.0. The number of benzene rings is 1. The first-order chi connectivity index (χ1) is 13.8. The summed E-state index contributed by atoms with van der Waals surface area (Å²) in [5.74, 6) is -4.27. The van der Waals surface area contributed by atoms with Crippen LogP contribution >= 0.6 is 0 Å². The molecule has 0 aliphatic heterocycles. The van der Waals surface area contributed by atoms with E-state index >= 15 is 0 Å². The number of amides is 2. The molecule has 10 heteroatoms. The minimum Gasteiger partial charge on any atom is -0.366 e. The largest absolute Gasteiger partial charge is 0.366 e. The molecule has 8 nitrogen and oxygen atoms in total. The van der Waals surface area contributed by atoms with Gasteiger partial charge in [-0.1, -0.05) is 6.07 Å². The van der Waals surface area contributed by atoms with E-state index in [4.69, 9.17) is 10.6 Å². The van der Waals surface area contributed by atoms with E-state index in [9.17, 15) is 23.2 Å². The van der Waals surface area contributed by atoms with Crippen molar-refractivity contribution in [3.05, 3.63) is 89.5 Å². The number of hydrogen-bond donors (Lipinski definition) is 1. The molecule has 0 radical (unpaired) electrons. The van der Waals surface area contributed by atoms with Crippen LogP contribution in [0.5, 0.6) is 0 Å². The predicted molar refractivity (Wildman–Crippen MR) is 95.6 cm³/mol. The zero-order valence-corrected chi connectivity index (χ0v) is 14.6. The first-order valence-electron chi connectivity index (χ1n) is 8.05. The zero-order valence-electron chi connectivity index (χ0n) is 14.6. The van der Waals surface area contributed by atoms with E-state index in [1.807, 2.05) is 0 Å². The predicted octanol–water partition coefficient (Wildman–Crippen LogP) is 2.27. The molecule has 0 unspecified atom stereocenters. The van der Waals surface area contributed by atoms with Crippen molar-refractivity contribution in [2.75, 3.05) is 5.06 Å². The van der Waals surface area contributed by atoms with Gasteiger partial charge < -0.3 is 10.6 Å². The summed E-state index contributed by atoms with van der Waals surface area (Å²) in [6, 6.07) is 9.60. The molecule has 146 valence electrons. The Hall–Kier alpha value is -4.21. The second-order valence-electron chi connectivity index (χ2n) is 5.63. The average molecular weight is 398 g/mol. The third kappa shape index (κ3) is 4.56. The number of pyridine rings is 2. The van der Waals surface area contributed by atoms with E-state index in [2.05, 4.69) is 9.97 Å². The van der Waals surface area contributed by atoms with Gasteiger partial charge in [-0.05, 0) is 42.5 Å². The van der Waals surface area contributed by atoms with Gasteiger partial charge in [-0.25, -0.2) is 14.8 Å². The smallest absolute Gasteiger partial charge is 0.365 e. The lowest BCUT2D eigenvalue weighted by molar-refractivity contribution is 0.0408. The number of hydrogen-bond acceptors (Lipinski definition) is 6. The number of carbonyl (C=O) groups excluding carboxylic acids is 3. The van der Waals surface area contributed by atoms with Crippen LogP contribution in [0.2, 0.25) is 0 Å². The van der Waals surface area contributed by atoms with Crippen molar-refractivity contribution >= 4 is 23.5 Å². The van der Waals surface area contributed by atoms with Gasteiger partial charge in [-0.2, -0.15) is 8.78 Å². The highest BCUT2D eigenvalue weighted by Gasteiger charge is 2.25. The van der Waals surface area contributed by atoms with Crippen molar-refractivity contribution in [1.29, 1.82) is 0 Å². The van der Waals surface area contributed by atoms with Crippen LogP contribution in [0.1, 0.15) is 31.1 Å². The summed E-state index contributed by atoms with van der Waals surface area (Å²) in [5.41, 5.74) is 5.07. The molecule has 0 fully saturated rings. The summed E-state index contributed by atoms with van der Waals surface area (Å²) in [4.78, 5) is 48.6. The third-order valence-electron chi connectivity index (χ3n) is 3.66. The van der Waals surface area contributed by atoms with Gasteiger partial charge in [-0.15, -0.1) is 5.06 Å². The highest BCUT2D eigenvalue weighted by Crippen LogP contribution is 2.21. The van der Waals surface area contributed by atoms with Crippen molar-refractivity contribution in [2.24, 2.45) is 5.73 Å². The Morgan fingerprint density at radius 2 is 1.48 bits per heavy atom. The molecule has 0 atom stereocenters. The Kier molecular flexibility index (Phi) is 5.54. The molecule has 2 amide bonds. The lowest BCUT2D eigenvalue weighted by Crippen LogP contribution is -2.34. The van der Waals surface area contributed by atoms with Crippen LogP contribution in [0, 0.1) is 11.9 Å². The van der Waals surface area contributed by atoms with Crippen molar-refractivity contribution in [2.45, 2.75) is 0 Å². The van der Waals surface area contributed by atoms with E-state index in [0.717, 1.165) is 36.7 Å². The second kappa shape index (κ2) is 8.21. The molecular formula is C19H12F2N4O4. The SMILES string of the molecule is NC(=O)c1cccc(N(OC(=O)c2ccc(F)nc2)C(=O)c2ccc(F)nc2)c1. The maximum Gasteiger partial charge on any atom is 0.365 e. The fourth-order valence-corrected chi connectivity index (χ4v) is 2.25. The molecule has 0 aliphatic rings. The van der Waals surface area contributed by atoms with E-state index < -0.39 is 29.7 Å². The fraction of sp³-hybridized carbons (Fsp3) is 0. The van der Waals surface area contributed by atoms with Crippen LogP contribution in [-0.4, -0.2) is 27.8 Å². The molecule has 0 spiro atoms. The van der Waals surface area contributed by atoms with E-state index in [0.29, 0.717) is 5.06 Å². The number of rotatable bonds is 4. The number of primary amides is 1. The quantitative estimate of drug-likeness (QED) is 0.532. The number of nitrogens with zero attached hydrogens (tertiary/aromatic N) is 3. The summed E-state index contributed by atoms with van der Waals surface area (Å²) in [5, 5.41) is 0.590. The van der Waals surface area contributed by atoms with Crippen LogP contribution in [0.3, 0.4) is 0 Å². The zero-order chi connectivity index (χ0) is 21.0. The van der Waals surface area contributed by atoms with Crippen LogP contribution in [-0.2, 0) is 4.84 Å². The monoisotopic (exact) mass is 398 g/mol. The molecule has 0 saturated carbocycles. The minimum absolute atomic E-state index is 0.000883. The molecule has 1 aromatic carbocycles. The molecular weight excluding hydrogens is 386 g/mol. The topological polar surface area (TPSA) is 115 Å². The highest BCUT2D eigenvalue weighted by molar-refractivity contribution is 6.07. The number of hydroxylamine groups is 1. The van der Waals surface area contributed by atoms with Crippen LogP contribution in [0.25, 0.3) is 0 Å². The number of nitrogens with two attached hydrogens (primary N) is 1. The first-order valence-corrected chi connectivity index (χ1v) is 8.05. The molecule has 3 rings (SSSR count). The Balaban J connectivity index is 1.98. The molecule has 0 bridgehead atoms. The summed E-state index contributed by atoms with van der Waals surface area (Å²) >= 11 is 0. The molecule has 29 heavy (non-hydrogen) atoms. The number of carbonyl (C=O) groups is 3. The van der Waals surface area contributed by atoms with Crippen molar-refractivity contribution in [3.63, 3.8) is 0 Å². The van der Waals surface area contributed by atoms with Gasteiger partial charge in [0, 0.05) is 18.0 Å². The maximum absolute atomic E-state index is 13.1. The molecule has 0 aliphatic carbocycles. The third-order valence-corrected chi connectivity index (χ3v) is 3.66. The first kappa shape index (κ1) is 19.5. The Morgan fingerprint density at radius 1 is 0.862 bits per heavy atom. The van der Waals surface area contributed by atoms with Crippen molar-refractivity contribution in [1.82, 2.24) is 9.97 Å². The van der Waals surface area contributed by atoms with Gasteiger partial charge in [0.2, 0.25) is 17.8 Å². The van der Waals surface area contributed by atoms with Crippen molar-refractivity contribution in [3.8, 4) is 0 Å². The average Bonchev–Trinajstić information content (AvgIpc) is 2.72. The van der Waals surface area contributed by atoms with Gasteiger partial charge in [0.1, 0.15) is 0 Å². The Bertz CT molecular complexity index is 1070. The Labute approximate surface area is 162 Å². The van der Waals surface area contributed by atoms with Crippen LogP contribution in [0.4, 0.5) is 14.5 Å². The highest BCUT2D eigenvalue weighted by atomic mass is 19.1. The molecule has 3 aromatic rings. The summed E-state index contributed by atoms with van der Waals surface area (Å²) in [6.45, 7) is 0. The fourth-order valence-electron chi connectivity index (χ4n) is 2.25. The van der Waals surface area contributed by atoms with E-state index in [1.54, 1.807) is 0 Å². The van der Waals surface area contributed by atoms with Gasteiger partial charge >= 0.3 is 5.97 Å². The lowest BCUT2D eigenvalue weighted by atomic mass is 10.2. The minimum atomic E-state index is -1.02. The standard InChI is InChI=1S/C19H12F2N4O4/c20-15-6-4-12(9-23-15)18(27)25(14-3-1-2-11(8-14)17(22)26)29-19(28)13-5-7-16(21)24-10-13/h1-10H,(H2,22,26). The van der Waals surface area contributed by atoms with Gasteiger partial charge in [0.25, 0.3) is 5.91 Å². The lowest BCUT2D eigenvalue weighted by Gasteiger charge is -2.21. The normalized spacial score (nSPS) is 10.3. The number of anilines is 1.